The molecule has 2 rings (SSSR count). The Morgan fingerprint density at radius 2 is 1.95 bits per heavy atom. The van der Waals surface area contributed by atoms with Crippen LogP contribution in [0.5, 0.6) is 5.75 Å². The van der Waals surface area contributed by atoms with E-state index in [0.717, 1.165) is 25.1 Å². The summed E-state index contributed by atoms with van der Waals surface area (Å²) in [7, 11) is 1.70. The number of nitrogens with one attached hydrogen (secondary N) is 1. The number of methoxy groups -OCH3 is 1. The van der Waals surface area contributed by atoms with Crippen LogP contribution in [0, 0.1) is 6.92 Å². The number of ether oxygens (including phenoxy) is 1. The van der Waals surface area contributed by atoms with E-state index in [1.54, 1.807) is 7.11 Å². The fourth-order valence-electron chi connectivity index (χ4n) is 2.31. The third-order valence-corrected chi connectivity index (χ3v) is 4.59. The summed E-state index contributed by atoms with van der Waals surface area (Å²) in [5.74, 6) is 0.916. The van der Waals surface area contributed by atoms with Crippen LogP contribution in [0.1, 0.15) is 35.4 Å². The standard InChI is InChI=1S/C17H23NOS/c1-4-10-18-16(17-13(2)9-11-20-17)12-14-5-7-15(19-3)8-6-14/h5-9,11,16,18H,4,10,12H2,1-3H3. The summed E-state index contributed by atoms with van der Waals surface area (Å²) in [5, 5.41) is 5.85. The molecular formula is C17H23NOS. The van der Waals surface area contributed by atoms with Gasteiger partial charge in [-0.25, -0.2) is 0 Å². The zero-order valence-corrected chi connectivity index (χ0v) is 13.3. The van der Waals surface area contributed by atoms with Crippen molar-refractivity contribution in [3.05, 3.63) is 51.7 Å². The van der Waals surface area contributed by atoms with Crippen LogP contribution in [0.25, 0.3) is 0 Å². The number of thiophene rings is 1. The molecule has 0 saturated heterocycles. The van der Waals surface area contributed by atoms with Gasteiger partial charge in [-0.15, -0.1) is 11.3 Å². The molecule has 0 saturated carbocycles. The van der Waals surface area contributed by atoms with E-state index in [-0.39, 0.29) is 0 Å². The van der Waals surface area contributed by atoms with Crippen LogP contribution in [0.4, 0.5) is 0 Å². The quantitative estimate of drug-likeness (QED) is 0.818. The maximum Gasteiger partial charge on any atom is 0.118 e. The maximum atomic E-state index is 5.22. The lowest BCUT2D eigenvalue weighted by molar-refractivity contribution is 0.414. The molecule has 1 aromatic heterocycles. The third-order valence-electron chi connectivity index (χ3n) is 3.46. The monoisotopic (exact) mass is 289 g/mol. The van der Waals surface area contributed by atoms with Crippen molar-refractivity contribution >= 4 is 11.3 Å². The van der Waals surface area contributed by atoms with Crippen LogP contribution in [-0.2, 0) is 6.42 Å². The summed E-state index contributed by atoms with van der Waals surface area (Å²) in [6.07, 6.45) is 2.18. The Balaban J connectivity index is 2.12. The van der Waals surface area contributed by atoms with Gasteiger partial charge in [0, 0.05) is 10.9 Å². The van der Waals surface area contributed by atoms with E-state index in [0.29, 0.717) is 6.04 Å². The van der Waals surface area contributed by atoms with Crippen LogP contribution in [-0.4, -0.2) is 13.7 Å². The molecule has 0 aliphatic heterocycles. The highest BCUT2D eigenvalue weighted by Crippen LogP contribution is 2.27. The normalized spacial score (nSPS) is 12.3. The smallest absolute Gasteiger partial charge is 0.118 e. The molecule has 2 aromatic rings. The number of rotatable bonds is 7. The second-order valence-electron chi connectivity index (χ2n) is 5.03. The second-order valence-corrected chi connectivity index (χ2v) is 5.97. The second kappa shape index (κ2) is 7.46. The van der Waals surface area contributed by atoms with Crippen molar-refractivity contribution in [1.29, 1.82) is 0 Å². The Kier molecular flexibility index (Phi) is 5.62. The number of aryl methyl sites for hydroxylation is 1. The maximum absolute atomic E-state index is 5.22. The predicted molar refractivity (Wildman–Crippen MR) is 86.8 cm³/mol. The van der Waals surface area contributed by atoms with Gasteiger partial charge < -0.3 is 10.1 Å². The highest BCUT2D eigenvalue weighted by Gasteiger charge is 2.15. The molecule has 0 spiro atoms. The molecule has 1 unspecified atom stereocenters. The molecular weight excluding hydrogens is 266 g/mol. The highest BCUT2D eigenvalue weighted by atomic mass is 32.1. The summed E-state index contributed by atoms with van der Waals surface area (Å²) in [5.41, 5.74) is 2.73. The lowest BCUT2D eigenvalue weighted by Crippen LogP contribution is -2.23. The molecule has 0 bridgehead atoms. The first-order valence-corrected chi connectivity index (χ1v) is 8.03. The molecule has 0 amide bonds. The molecule has 0 aliphatic carbocycles. The van der Waals surface area contributed by atoms with E-state index in [1.807, 2.05) is 23.5 Å². The number of hydrogen-bond donors (Lipinski definition) is 1. The first-order chi connectivity index (χ1) is 9.74. The zero-order valence-electron chi connectivity index (χ0n) is 12.5. The minimum Gasteiger partial charge on any atom is -0.497 e. The summed E-state index contributed by atoms with van der Waals surface area (Å²) in [4.78, 5) is 1.45. The van der Waals surface area contributed by atoms with Crippen LogP contribution < -0.4 is 10.1 Å². The van der Waals surface area contributed by atoms with E-state index in [4.69, 9.17) is 4.74 Å². The third kappa shape index (κ3) is 3.84. The van der Waals surface area contributed by atoms with Gasteiger partial charge in [-0.2, -0.15) is 0 Å². The number of hydrogen-bond acceptors (Lipinski definition) is 3. The van der Waals surface area contributed by atoms with Crippen LogP contribution in [0.15, 0.2) is 35.7 Å². The molecule has 1 aromatic carbocycles. The lowest BCUT2D eigenvalue weighted by Gasteiger charge is -2.18. The molecule has 1 heterocycles. The zero-order chi connectivity index (χ0) is 14.4. The van der Waals surface area contributed by atoms with Crippen molar-refractivity contribution in [3.8, 4) is 5.75 Å². The van der Waals surface area contributed by atoms with Crippen molar-refractivity contribution in [2.45, 2.75) is 32.7 Å². The minimum atomic E-state index is 0.406. The lowest BCUT2D eigenvalue weighted by atomic mass is 10.0. The largest absolute Gasteiger partial charge is 0.497 e. The Morgan fingerprint density at radius 3 is 2.50 bits per heavy atom. The van der Waals surface area contributed by atoms with Crippen molar-refractivity contribution in [3.63, 3.8) is 0 Å². The Bertz CT molecular complexity index is 518. The Hall–Kier alpha value is -1.32. The van der Waals surface area contributed by atoms with Gasteiger partial charge in [0.25, 0.3) is 0 Å². The Morgan fingerprint density at radius 1 is 1.20 bits per heavy atom. The first kappa shape index (κ1) is 15.1. The minimum absolute atomic E-state index is 0.406. The fourth-order valence-corrected chi connectivity index (χ4v) is 3.32. The molecule has 1 N–H and O–H groups in total. The molecule has 0 fully saturated rings. The molecule has 108 valence electrons. The Labute approximate surface area is 125 Å². The summed E-state index contributed by atoms with van der Waals surface area (Å²) >= 11 is 1.85. The van der Waals surface area contributed by atoms with Gasteiger partial charge >= 0.3 is 0 Å². The first-order valence-electron chi connectivity index (χ1n) is 7.15. The number of benzene rings is 1. The summed E-state index contributed by atoms with van der Waals surface area (Å²) in [6.45, 7) is 5.46. The van der Waals surface area contributed by atoms with Crippen molar-refractivity contribution in [2.75, 3.05) is 13.7 Å². The average Bonchev–Trinajstić information content (AvgIpc) is 2.90. The molecule has 0 aliphatic rings. The van der Waals surface area contributed by atoms with Crippen LogP contribution in [0.2, 0.25) is 0 Å². The van der Waals surface area contributed by atoms with E-state index in [2.05, 4.69) is 42.7 Å². The molecule has 1 atom stereocenters. The molecule has 20 heavy (non-hydrogen) atoms. The summed E-state index contributed by atoms with van der Waals surface area (Å²) in [6, 6.07) is 11.0. The van der Waals surface area contributed by atoms with E-state index in [1.165, 1.54) is 16.0 Å². The van der Waals surface area contributed by atoms with Crippen molar-refractivity contribution in [2.24, 2.45) is 0 Å². The SMILES string of the molecule is CCCNC(Cc1ccc(OC)cc1)c1sccc1C. The fraction of sp³-hybridized carbons (Fsp3) is 0.412. The van der Waals surface area contributed by atoms with Gasteiger partial charge in [-0.3, -0.25) is 0 Å². The predicted octanol–water partition coefficient (Wildman–Crippen LogP) is 4.35. The van der Waals surface area contributed by atoms with Gasteiger partial charge in [0.2, 0.25) is 0 Å². The molecule has 2 nitrogen and oxygen atoms in total. The van der Waals surface area contributed by atoms with E-state index < -0.39 is 0 Å². The molecule has 3 heteroatoms. The van der Waals surface area contributed by atoms with Gasteiger partial charge in [0.1, 0.15) is 5.75 Å². The van der Waals surface area contributed by atoms with E-state index >= 15 is 0 Å². The van der Waals surface area contributed by atoms with Crippen LogP contribution in [0.3, 0.4) is 0 Å². The van der Waals surface area contributed by atoms with Crippen molar-refractivity contribution < 1.29 is 4.74 Å². The topological polar surface area (TPSA) is 21.3 Å². The average molecular weight is 289 g/mol. The highest BCUT2D eigenvalue weighted by molar-refractivity contribution is 7.10. The van der Waals surface area contributed by atoms with E-state index in [9.17, 15) is 0 Å². The van der Waals surface area contributed by atoms with Gasteiger partial charge in [0.05, 0.1) is 7.11 Å². The van der Waals surface area contributed by atoms with Crippen LogP contribution >= 0.6 is 11.3 Å². The van der Waals surface area contributed by atoms with Crippen molar-refractivity contribution in [1.82, 2.24) is 5.32 Å². The summed E-state index contributed by atoms with van der Waals surface area (Å²) < 4.78 is 5.22. The molecule has 0 radical (unpaired) electrons. The van der Waals surface area contributed by atoms with Gasteiger partial charge in [-0.1, -0.05) is 19.1 Å². The van der Waals surface area contributed by atoms with Gasteiger partial charge in [0.15, 0.2) is 0 Å². The van der Waals surface area contributed by atoms with Gasteiger partial charge in [-0.05, 0) is 61.0 Å².